The Morgan fingerprint density at radius 1 is 1.29 bits per heavy atom. The van der Waals surface area contributed by atoms with Gasteiger partial charge in [0.2, 0.25) is 0 Å². The molecule has 0 spiro atoms. The normalized spacial score (nSPS) is 19.5. The molecule has 1 aromatic carbocycles. The maximum Gasteiger partial charge on any atom is 0.270 e. The van der Waals surface area contributed by atoms with Crippen molar-refractivity contribution in [1.82, 2.24) is 14.8 Å². The third-order valence-corrected chi connectivity index (χ3v) is 6.74. The zero-order valence-electron chi connectivity index (χ0n) is 20.2. The van der Waals surface area contributed by atoms with E-state index in [0.717, 1.165) is 43.1 Å². The second kappa shape index (κ2) is 12.3. The smallest absolute Gasteiger partial charge is 0.270 e. The van der Waals surface area contributed by atoms with E-state index in [0.29, 0.717) is 11.1 Å². The van der Waals surface area contributed by atoms with E-state index in [4.69, 9.17) is 10.00 Å². The Kier molecular flexibility index (Phi) is 9.21. The van der Waals surface area contributed by atoms with E-state index < -0.39 is 5.91 Å². The van der Waals surface area contributed by atoms with Gasteiger partial charge >= 0.3 is 0 Å². The molecule has 1 amide bonds. The molecule has 2 atom stereocenters. The van der Waals surface area contributed by atoms with E-state index in [1.54, 1.807) is 19.2 Å². The quantitative estimate of drug-likeness (QED) is 0.519. The number of ether oxygens (including phenoxy) is 1. The van der Waals surface area contributed by atoms with Gasteiger partial charge in [0.1, 0.15) is 21.8 Å². The van der Waals surface area contributed by atoms with Gasteiger partial charge in [-0.15, -0.1) is 11.3 Å². The Labute approximate surface area is 208 Å². The van der Waals surface area contributed by atoms with Crippen LogP contribution in [0, 0.1) is 22.7 Å². The number of nitrogens with one attached hydrogen (secondary N) is 2. The van der Waals surface area contributed by atoms with Crippen LogP contribution in [-0.2, 0) is 22.5 Å². The average Bonchev–Trinajstić information content (AvgIpc) is 3.15. The molecular formula is C25H30N6O3S. The number of carbonyl (C=O) groups excluding carboxylic acids is 1. The average molecular weight is 495 g/mol. The molecular weight excluding hydrogens is 464 g/mol. The molecule has 1 aliphatic rings. The summed E-state index contributed by atoms with van der Waals surface area (Å²) in [4.78, 5) is 27.6. The van der Waals surface area contributed by atoms with Crippen LogP contribution in [0.15, 0.2) is 29.1 Å². The topological polar surface area (TPSA) is 123 Å². The summed E-state index contributed by atoms with van der Waals surface area (Å²) in [6.45, 7) is 8.87. The van der Waals surface area contributed by atoms with Crippen molar-refractivity contribution >= 4 is 34.7 Å². The summed E-state index contributed by atoms with van der Waals surface area (Å²) >= 11 is 1.07. The summed E-state index contributed by atoms with van der Waals surface area (Å²) < 4.78 is 7.85. The minimum Gasteiger partial charge on any atom is -0.373 e. The number of aromatic nitrogens is 1. The number of nitrogens with zero attached hydrogens (tertiary/aromatic N) is 4. The van der Waals surface area contributed by atoms with Gasteiger partial charge in [-0.1, -0.05) is 12.1 Å². The Bertz CT molecular complexity index is 1310. The van der Waals surface area contributed by atoms with Crippen molar-refractivity contribution in [2.75, 3.05) is 31.5 Å². The molecule has 3 rings (SSSR count). The lowest BCUT2D eigenvalue weighted by Gasteiger charge is -2.35. The molecule has 2 unspecified atom stereocenters. The van der Waals surface area contributed by atoms with Crippen molar-refractivity contribution in [3.63, 3.8) is 0 Å². The third-order valence-electron chi connectivity index (χ3n) is 5.61. The SMILES string of the molecule is CCn1c(=O)/c(=C\Nc2cccc(CCN3CC(C)OC(C)C3)c2)s/c1=C(/C#N)C(=O)NCC#N. The van der Waals surface area contributed by atoms with E-state index in [-0.39, 0.29) is 34.5 Å². The lowest BCUT2D eigenvalue weighted by molar-refractivity contribution is -0.115. The number of carbonyl (C=O) groups is 1. The van der Waals surface area contributed by atoms with Gasteiger partial charge in [0.15, 0.2) is 5.57 Å². The van der Waals surface area contributed by atoms with Crippen molar-refractivity contribution in [2.45, 2.75) is 45.9 Å². The van der Waals surface area contributed by atoms with Crippen molar-refractivity contribution in [1.29, 1.82) is 10.5 Å². The van der Waals surface area contributed by atoms with Crippen LogP contribution in [0.2, 0.25) is 0 Å². The first-order valence-corrected chi connectivity index (χ1v) is 12.4. The molecule has 184 valence electrons. The van der Waals surface area contributed by atoms with Gasteiger partial charge in [-0.05, 0) is 44.9 Å². The number of rotatable bonds is 8. The van der Waals surface area contributed by atoms with E-state index in [9.17, 15) is 14.9 Å². The van der Waals surface area contributed by atoms with Crippen molar-refractivity contribution in [3.8, 4) is 12.1 Å². The van der Waals surface area contributed by atoms with Crippen LogP contribution in [-0.4, -0.2) is 53.8 Å². The van der Waals surface area contributed by atoms with Crippen molar-refractivity contribution in [3.05, 3.63) is 49.4 Å². The highest BCUT2D eigenvalue weighted by Crippen LogP contribution is 2.14. The van der Waals surface area contributed by atoms with Crippen LogP contribution in [0.4, 0.5) is 5.69 Å². The Hall–Kier alpha value is -3.44. The second-order valence-corrected chi connectivity index (χ2v) is 9.44. The van der Waals surface area contributed by atoms with Gasteiger partial charge in [0.25, 0.3) is 11.5 Å². The van der Waals surface area contributed by atoms with Gasteiger partial charge in [0, 0.05) is 38.1 Å². The molecule has 0 saturated carbocycles. The molecule has 2 N–H and O–H groups in total. The summed E-state index contributed by atoms with van der Waals surface area (Å²) in [5.41, 5.74) is 1.56. The third kappa shape index (κ3) is 6.80. The standard InChI is InChI=1S/C25H30N6O3S/c1-4-31-24(33)22(35-25(31)21(13-27)23(32)28-10-9-26)14-29-20-7-5-6-19(12-20)8-11-30-15-17(2)34-18(3)16-30/h5-7,12,14,17-18,29H,4,8,10-11,15-16H2,1-3H3,(H,28,32)/b22-14+,25-21-. The number of morpholine rings is 1. The predicted molar refractivity (Wildman–Crippen MR) is 136 cm³/mol. The highest BCUT2D eigenvalue weighted by Gasteiger charge is 2.21. The first-order chi connectivity index (χ1) is 16.9. The zero-order chi connectivity index (χ0) is 25.4. The number of anilines is 1. The van der Waals surface area contributed by atoms with Gasteiger partial charge < -0.3 is 15.4 Å². The fourth-order valence-corrected chi connectivity index (χ4v) is 5.20. The monoisotopic (exact) mass is 494 g/mol. The number of benzene rings is 1. The molecule has 2 aromatic rings. The lowest BCUT2D eigenvalue weighted by atomic mass is 10.1. The highest BCUT2D eigenvalue weighted by molar-refractivity contribution is 7.07. The molecule has 0 radical (unpaired) electrons. The number of hydrogen-bond acceptors (Lipinski definition) is 8. The van der Waals surface area contributed by atoms with E-state index in [2.05, 4.69) is 41.5 Å². The zero-order valence-corrected chi connectivity index (χ0v) is 21.0. The fraction of sp³-hybridized carbons (Fsp3) is 0.440. The molecule has 10 heteroatoms. The lowest BCUT2D eigenvalue weighted by Crippen LogP contribution is -2.46. The summed E-state index contributed by atoms with van der Waals surface area (Å²) in [7, 11) is 0. The molecule has 35 heavy (non-hydrogen) atoms. The maximum atomic E-state index is 12.9. The summed E-state index contributed by atoms with van der Waals surface area (Å²) in [6, 6.07) is 11.7. The van der Waals surface area contributed by atoms with Gasteiger partial charge in [-0.25, -0.2) is 0 Å². The van der Waals surface area contributed by atoms with Crippen molar-refractivity contribution in [2.24, 2.45) is 0 Å². The van der Waals surface area contributed by atoms with Crippen LogP contribution in [0.5, 0.6) is 0 Å². The molecule has 2 heterocycles. The Morgan fingerprint density at radius 3 is 2.69 bits per heavy atom. The maximum absolute atomic E-state index is 12.9. The highest BCUT2D eigenvalue weighted by atomic mass is 32.1. The first-order valence-electron chi connectivity index (χ1n) is 11.6. The second-order valence-electron chi connectivity index (χ2n) is 8.40. The fourth-order valence-electron chi connectivity index (χ4n) is 4.12. The van der Waals surface area contributed by atoms with Crippen LogP contribution in [0.1, 0.15) is 26.3 Å². The minimum atomic E-state index is -0.672. The number of thiazole rings is 1. The summed E-state index contributed by atoms with van der Waals surface area (Å²) in [5, 5.41) is 23.7. The van der Waals surface area contributed by atoms with Crippen LogP contribution < -0.4 is 25.4 Å². The van der Waals surface area contributed by atoms with Crippen LogP contribution in [0.25, 0.3) is 11.8 Å². The molecule has 0 bridgehead atoms. The van der Waals surface area contributed by atoms with E-state index in [1.807, 2.05) is 18.2 Å². The molecule has 1 fully saturated rings. The van der Waals surface area contributed by atoms with Gasteiger partial charge in [-0.2, -0.15) is 10.5 Å². The van der Waals surface area contributed by atoms with Crippen molar-refractivity contribution < 1.29 is 9.53 Å². The molecule has 0 aliphatic carbocycles. The van der Waals surface area contributed by atoms with Gasteiger partial charge in [-0.3, -0.25) is 19.1 Å². The Morgan fingerprint density at radius 2 is 2.03 bits per heavy atom. The Balaban J connectivity index is 1.80. The number of hydrogen-bond donors (Lipinski definition) is 2. The largest absolute Gasteiger partial charge is 0.373 e. The summed E-state index contributed by atoms with van der Waals surface area (Å²) in [6.07, 6.45) is 2.98. The summed E-state index contributed by atoms with van der Waals surface area (Å²) in [5.74, 6) is -0.672. The minimum absolute atomic E-state index is 0.183. The van der Waals surface area contributed by atoms with E-state index in [1.165, 1.54) is 10.1 Å². The molecule has 9 nitrogen and oxygen atoms in total. The first kappa shape index (κ1) is 26.2. The van der Waals surface area contributed by atoms with Crippen LogP contribution in [0.3, 0.4) is 0 Å². The number of nitriles is 2. The predicted octanol–water partition coefficient (Wildman–Crippen LogP) is 0.746. The molecule has 1 aromatic heterocycles. The van der Waals surface area contributed by atoms with E-state index >= 15 is 0 Å². The van der Waals surface area contributed by atoms with Crippen LogP contribution >= 0.6 is 11.3 Å². The molecule has 1 aliphatic heterocycles. The van der Waals surface area contributed by atoms with Gasteiger partial charge in [0.05, 0.1) is 18.3 Å². The number of amides is 1. The molecule has 1 saturated heterocycles.